The Bertz CT molecular complexity index is 940. The zero-order valence-corrected chi connectivity index (χ0v) is 15.4. The Balaban J connectivity index is 2.05. The molecule has 0 radical (unpaired) electrons. The van der Waals surface area contributed by atoms with E-state index in [0.717, 1.165) is 14.9 Å². The SMILES string of the molecule is Cc1cc(N2C(=O)NC(=O)/C(=C\c3ccccc3Cl)C2=O)ccc1Br. The fourth-order valence-electron chi connectivity index (χ4n) is 2.41. The summed E-state index contributed by atoms with van der Waals surface area (Å²) in [7, 11) is 0. The smallest absolute Gasteiger partial charge is 0.273 e. The number of carbonyl (C=O) groups excluding carboxylic acids is 3. The van der Waals surface area contributed by atoms with Crippen LogP contribution in [0.1, 0.15) is 11.1 Å². The summed E-state index contributed by atoms with van der Waals surface area (Å²) >= 11 is 9.46. The standard InChI is InChI=1S/C18H12BrClN2O3/c1-10-8-12(6-7-14(10)19)22-17(24)13(16(23)21-18(22)25)9-11-4-2-3-5-15(11)20/h2-9H,1H3,(H,21,23,25)/b13-9+. The number of aryl methyl sites for hydroxylation is 1. The van der Waals surface area contributed by atoms with Gasteiger partial charge in [0, 0.05) is 9.50 Å². The number of halogens is 2. The van der Waals surface area contributed by atoms with Crippen LogP contribution in [0.2, 0.25) is 5.02 Å². The maximum Gasteiger partial charge on any atom is 0.335 e. The van der Waals surface area contributed by atoms with Gasteiger partial charge in [-0.25, -0.2) is 9.69 Å². The first-order valence-corrected chi connectivity index (χ1v) is 8.47. The normalized spacial score (nSPS) is 16.4. The van der Waals surface area contributed by atoms with Crippen LogP contribution in [-0.2, 0) is 9.59 Å². The lowest BCUT2D eigenvalue weighted by Gasteiger charge is -2.26. The summed E-state index contributed by atoms with van der Waals surface area (Å²) < 4.78 is 0.851. The predicted molar refractivity (Wildman–Crippen MR) is 99.3 cm³/mol. The topological polar surface area (TPSA) is 66.5 Å². The van der Waals surface area contributed by atoms with E-state index in [1.54, 1.807) is 42.5 Å². The highest BCUT2D eigenvalue weighted by Crippen LogP contribution is 2.27. The van der Waals surface area contributed by atoms with Crippen molar-refractivity contribution >= 4 is 57.1 Å². The van der Waals surface area contributed by atoms with E-state index in [4.69, 9.17) is 11.6 Å². The Labute approximate surface area is 157 Å². The van der Waals surface area contributed by atoms with E-state index in [-0.39, 0.29) is 5.57 Å². The van der Waals surface area contributed by atoms with Gasteiger partial charge >= 0.3 is 6.03 Å². The molecule has 0 unspecified atom stereocenters. The zero-order valence-electron chi connectivity index (χ0n) is 13.0. The van der Waals surface area contributed by atoms with Gasteiger partial charge in [0.2, 0.25) is 0 Å². The van der Waals surface area contributed by atoms with Gasteiger partial charge in [-0.15, -0.1) is 0 Å². The summed E-state index contributed by atoms with van der Waals surface area (Å²) in [6, 6.07) is 11.1. The first-order chi connectivity index (χ1) is 11.9. The molecule has 1 saturated heterocycles. The molecule has 0 bridgehead atoms. The third-order valence-corrected chi connectivity index (χ3v) is 4.94. The largest absolute Gasteiger partial charge is 0.335 e. The van der Waals surface area contributed by atoms with Crippen LogP contribution in [0.3, 0.4) is 0 Å². The molecule has 1 fully saturated rings. The number of nitrogens with one attached hydrogen (secondary N) is 1. The van der Waals surface area contributed by atoms with Crippen LogP contribution in [0.15, 0.2) is 52.5 Å². The average molecular weight is 420 g/mol. The maximum absolute atomic E-state index is 12.8. The molecule has 5 nitrogen and oxygen atoms in total. The first-order valence-electron chi connectivity index (χ1n) is 7.30. The van der Waals surface area contributed by atoms with Crippen molar-refractivity contribution in [2.24, 2.45) is 0 Å². The lowest BCUT2D eigenvalue weighted by Crippen LogP contribution is -2.54. The van der Waals surface area contributed by atoms with E-state index in [2.05, 4.69) is 21.2 Å². The van der Waals surface area contributed by atoms with E-state index in [9.17, 15) is 14.4 Å². The van der Waals surface area contributed by atoms with Crippen molar-refractivity contribution in [3.05, 3.63) is 68.7 Å². The second-order valence-corrected chi connectivity index (χ2v) is 6.67. The Hall–Kier alpha value is -2.44. The molecule has 4 amide bonds. The molecule has 3 rings (SSSR count). The summed E-state index contributed by atoms with van der Waals surface area (Å²) in [4.78, 5) is 38.0. The lowest BCUT2D eigenvalue weighted by molar-refractivity contribution is -0.122. The summed E-state index contributed by atoms with van der Waals surface area (Å²) in [6.45, 7) is 1.84. The van der Waals surface area contributed by atoms with Crippen molar-refractivity contribution in [3.63, 3.8) is 0 Å². The van der Waals surface area contributed by atoms with Crippen LogP contribution in [0.5, 0.6) is 0 Å². The summed E-state index contributed by atoms with van der Waals surface area (Å²) in [5.41, 5.74) is 1.59. The van der Waals surface area contributed by atoms with E-state index in [0.29, 0.717) is 16.3 Å². The number of imide groups is 2. The van der Waals surface area contributed by atoms with E-state index in [1.807, 2.05) is 6.92 Å². The monoisotopic (exact) mass is 418 g/mol. The molecule has 25 heavy (non-hydrogen) atoms. The average Bonchev–Trinajstić information content (AvgIpc) is 2.56. The molecule has 1 aliphatic heterocycles. The van der Waals surface area contributed by atoms with E-state index in [1.165, 1.54) is 6.08 Å². The molecule has 7 heteroatoms. The molecule has 1 aliphatic rings. The summed E-state index contributed by atoms with van der Waals surface area (Å²) in [5, 5.41) is 2.59. The van der Waals surface area contributed by atoms with Crippen molar-refractivity contribution in [1.29, 1.82) is 0 Å². The molecule has 2 aromatic carbocycles. The van der Waals surface area contributed by atoms with Gasteiger partial charge < -0.3 is 0 Å². The number of benzene rings is 2. The van der Waals surface area contributed by atoms with Gasteiger partial charge in [0.05, 0.1) is 5.69 Å². The van der Waals surface area contributed by atoms with Gasteiger partial charge in [-0.3, -0.25) is 14.9 Å². The molecule has 0 spiro atoms. The molecular formula is C18H12BrClN2O3. The summed E-state index contributed by atoms with van der Waals surface area (Å²) in [5.74, 6) is -1.45. The highest BCUT2D eigenvalue weighted by molar-refractivity contribution is 9.10. The van der Waals surface area contributed by atoms with Gasteiger partial charge in [0.25, 0.3) is 11.8 Å². The highest BCUT2D eigenvalue weighted by atomic mass is 79.9. The van der Waals surface area contributed by atoms with Gasteiger partial charge in [-0.2, -0.15) is 0 Å². The second-order valence-electron chi connectivity index (χ2n) is 5.41. The Kier molecular flexibility index (Phi) is 4.74. The number of carbonyl (C=O) groups is 3. The molecule has 126 valence electrons. The molecule has 0 aliphatic carbocycles. The highest BCUT2D eigenvalue weighted by Gasteiger charge is 2.37. The van der Waals surface area contributed by atoms with Crippen molar-refractivity contribution in [3.8, 4) is 0 Å². The molecule has 1 heterocycles. The van der Waals surface area contributed by atoms with Gasteiger partial charge in [-0.05, 0) is 48.4 Å². The lowest BCUT2D eigenvalue weighted by atomic mass is 10.1. The van der Waals surface area contributed by atoms with Gasteiger partial charge in [0.15, 0.2) is 0 Å². The number of hydrogen-bond acceptors (Lipinski definition) is 3. The fourth-order valence-corrected chi connectivity index (χ4v) is 2.84. The Morgan fingerprint density at radius 1 is 1.12 bits per heavy atom. The predicted octanol–water partition coefficient (Wildman–Crippen LogP) is 4.08. The minimum atomic E-state index is -0.784. The van der Waals surface area contributed by atoms with Gasteiger partial charge in [-0.1, -0.05) is 45.7 Å². The first kappa shape index (κ1) is 17.4. The molecule has 0 aromatic heterocycles. The quantitative estimate of drug-likeness (QED) is 0.589. The van der Waals surface area contributed by atoms with E-state index < -0.39 is 17.8 Å². The molecule has 2 aromatic rings. The number of amides is 4. The van der Waals surface area contributed by atoms with Crippen LogP contribution in [0.4, 0.5) is 10.5 Å². The third kappa shape index (κ3) is 3.36. The number of rotatable bonds is 2. The van der Waals surface area contributed by atoms with Crippen LogP contribution < -0.4 is 10.2 Å². The molecule has 0 atom stereocenters. The number of barbiturate groups is 1. The Morgan fingerprint density at radius 3 is 2.52 bits per heavy atom. The van der Waals surface area contributed by atoms with Crippen molar-refractivity contribution in [2.75, 3.05) is 4.90 Å². The number of urea groups is 1. The van der Waals surface area contributed by atoms with E-state index >= 15 is 0 Å². The number of anilines is 1. The Morgan fingerprint density at radius 2 is 1.84 bits per heavy atom. The van der Waals surface area contributed by atoms with Crippen molar-refractivity contribution < 1.29 is 14.4 Å². The maximum atomic E-state index is 12.8. The van der Waals surface area contributed by atoms with Crippen LogP contribution >= 0.6 is 27.5 Å². The number of nitrogens with zero attached hydrogens (tertiary/aromatic N) is 1. The zero-order chi connectivity index (χ0) is 18.1. The fraction of sp³-hybridized carbons (Fsp3) is 0.0556. The second kappa shape index (κ2) is 6.82. The summed E-state index contributed by atoms with van der Waals surface area (Å²) in [6.07, 6.45) is 1.38. The molecular weight excluding hydrogens is 408 g/mol. The van der Waals surface area contributed by atoms with Crippen molar-refractivity contribution in [1.82, 2.24) is 5.32 Å². The van der Waals surface area contributed by atoms with Crippen LogP contribution in [-0.4, -0.2) is 17.8 Å². The van der Waals surface area contributed by atoms with Crippen LogP contribution in [0.25, 0.3) is 6.08 Å². The van der Waals surface area contributed by atoms with Crippen LogP contribution in [0, 0.1) is 6.92 Å². The minimum Gasteiger partial charge on any atom is -0.273 e. The van der Waals surface area contributed by atoms with Gasteiger partial charge in [0.1, 0.15) is 5.57 Å². The third-order valence-electron chi connectivity index (χ3n) is 3.71. The minimum absolute atomic E-state index is 0.159. The van der Waals surface area contributed by atoms with Crippen molar-refractivity contribution in [2.45, 2.75) is 6.92 Å². The molecule has 1 N–H and O–H groups in total. The number of hydrogen-bond donors (Lipinski definition) is 1. The molecule has 0 saturated carbocycles.